The van der Waals surface area contributed by atoms with E-state index in [0.29, 0.717) is 12.0 Å². The standard InChI is InChI=1S/C13H26N2O2/c1-8(2)9-3-5-10(6-4-9)11-7-12(13(16)17)15-14-11/h8-17H,3-7H2,1-2H3. The van der Waals surface area contributed by atoms with E-state index >= 15 is 0 Å². The zero-order valence-electron chi connectivity index (χ0n) is 10.9. The molecule has 1 heterocycles. The molecule has 2 unspecified atom stereocenters. The molecule has 0 aromatic heterocycles. The van der Waals surface area contributed by atoms with Crippen LogP contribution < -0.4 is 10.9 Å². The fourth-order valence-electron chi connectivity index (χ4n) is 3.33. The third-order valence-electron chi connectivity index (χ3n) is 4.65. The van der Waals surface area contributed by atoms with E-state index < -0.39 is 6.29 Å². The van der Waals surface area contributed by atoms with Crippen LogP contribution in [0.2, 0.25) is 0 Å². The lowest BCUT2D eigenvalue weighted by atomic mass is 9.74. The molecule has 2 fully saturated rings. The van der Waals surface area contributed by atoms with Gasteiger partial charge in [0.05, 0.1) is 6.04 Å². The van der Waals surface area contributed by atoms with Crippen molar-refractivity contribution in [3.63, 3.8) is 0 Å². The lowest BCUT2D eigenvalue weighted by molar-refractivity contribution is -0.0640. The number of nitrogens with one attached hydrogen (secondary N) is 2. The molecule has 0 aromatic carbocycles. The average molecular weight is 242 g/mol. The first kappa shape index (κ1) is 13.3. The van der Waals surface area contributed by atoms with Crippen LogP contribution in [0.15, 0.2) is 0 Å². The van der Waals surface area contributed by atoms with E-state index in [1.165, 1.54) is 25.7 Å². The van der Waals surface area contributed by atoms with Crippen molar-refractivity contribution in [2.24, 2.45) is 17.8 Å². The molecule has 1 aliphatic carbocycles. The van der Waals surface area contributed by atoms with E-state index in [4.69, 9.17) is 10.2 Å². The number of hydrazine groups is 1. The Hall–Kier alpha value is -0.160. The van der Waals surface area contributed by atoms with Crippen LogP contribution in [0.4, 0.5) is 0 Å². The molecule has 17 heavy (non-hydrogen) atoms. The van der Waals surface area contributed by atoms with Crippen LogP contribution in [-0.2, 0) is 0 Å². The largest absolute Gasteiger partial charge is 0.367 e. The van der Waals surface area contributed by atoms with Crippen LogP contribution in [0.25, 0.3) is 0 Å². The van der Waals surface area contributed by atoms with Gasteiger partial charge >= 0.3 is 0 Å². The molecule has 2 rings (SSSR count). The van der Waals surface area contributed by atoms with Gasteiger partial charge in [0.1, 0.15) is 0 Å². The topological polar surface area (TPSA) is 64.5 Å². The van der Waals surface area contributed by atoms with Gasteiger partial charge in [-0.25, -0.2) is 5.43 Å². The maximum Gasteiger partial charge on any atom is 0.168 e. The van der Waals surface area contributed by atoms with Crippen molar-refractivity contribution in [2.75, 3.05) is 0 Å². The molecule has 4 N–H and O–H groups in total. The van der Waals surface area contributed by atoms with Gasteiger partial charge in [-0.3, -0.25) is 5.43 Å². The number of aliphatic hydroxyl groups is 2. The Morgan fingerprint density at radius 2 is 1.65 bits per heavy atom. The van der Waals surface area contributed by atoms with E-state index in [1.54, 1.807) is 0 Å². The zero-order chi connectivity index (χ0) is 12.4. The van der Waals surface area contributed by atoms with Crippen LogP contribution in [0.3, 0.4) is 0 Å². The Bertz CT molecular complexity index is 238. The molecule has 4 heteroatoms. The molecular formula is C13H26N2O2. The van der Waals surface area contributed by atoms with E-state index in [1.807, 2.05) is 0 Å². The monoisotopic (exact) mass is 242 g/mol. The second kappa shape index (κ2) is 5.65. The maximum absolute atomic E-state index is 9.14. The molecule has 2 atom stereocenters. The molecule has 1 aliphatic heterocycles. The zero-order valence-corrected chi connectivity index (χ0v) is 10.9. The van der Waals surface area contributed by atoms with Crippen LogP contribution >= 0.6 is 0 Å². The fraction of sp³-hybridized carbons (Fsp3) is 1.00. The highest BCUT2D eigenvalue weighted by atomic mass is 16.5. The molecule has 0 amide bonds. The highest BCUT2D eigenvalue weighted by molar-refractivity contribution is 4.89. The van der Waals surface area contributed by atoms with Crippen LogP contribution in [0, 0.1) is 17.8 Å². The second-order valence-corrected chi connectivity index (χ2v) is 6.07. The summed E-state index contributed by atoms with van der Waals surface area (Å²) in [6.45, 7) is 4.64. The van der Waals surface area contributed by atoms with E-state index in [0.717, 1.165) is 18.3 Å². The molecule has 100 valence electrons. The number of rotatable bonds is 3. The highest BCUT2D eigenvalue weighted by Crippen LogP contribution is 2.36. The number of aliphatic hydroxyl groups excluding tert-OH is 1. The minimum atomic E-state index is -1.25. The van der Waals surface area contributed by atoms with E-state index in [-0.39, 0.29) is 6.04 Å². The highest BCUT2D eigenvalue weighted by Gasteiger charge is 2.35. The van der Waals surface area contributed by atoms with Crippen molar-refractivity contribution in [1.82, 2.24) is 10.9 Å². The summed E-state index contributed by atoms with van der Waals surface area (Å²) < 4.78 is 0. The lowest BCUT2D eigenvalue weighted by Crippen LogP contribution is -2.41. The lowest BCUT2D eigenvalue weighted by Gasteiger charge is -2.33. The Morgan fingerprint density at radius 3 is 2.12 bits per heavy atom. The van der Waals surface area contributed by atoms with Gasteiger partial charge in [-0.05, 0) is 49.9 Å². The van der Waals surface area contributed by atoms with Gasteiger partial charge in [0, 0.05) is 6.04 Å². The summed E-state index contributed by atoms with van der Waals surface area (Å²) in [5.74, 6) is 2.39. The van der Waals surface area contributed by atoms with Gasteiger partial charge in [-0.2, -0.15) is 0 Å². The first-order valence-electron chi connectivity index (χ1n) is 6.95. The predicted molar refractivity (Wildman–Crippen MR) is 67.0 cm³/mol. The van der Waals surface area contributed by atoms with Crippen molar-refractivity contribution in [1.29, 1.82) is 0 Å². The molecular weight excluding hydrogens is 216 g/mol. The van der Waals surface area contributed by atoms with Crippen molar-refractivity contribution in [3.8, 4) is 0 Å². The smallest absolute Gasteiger partial charge is 0.168 e. The first-order chi connectivity index (χ1) is 8.08. The summed E-state index contributed by atoms with van der Waals surface area (Å²) in [4.78, 5) is 0. The van der Waals surface area contributed by atoms with Gasteiger partial charge in [-0.15, -0.1) is 0 Å². The quantitative estimate of drug-likeness (QED) is 0.557. The van der Waals surface area contributed by atoms with Crippen molar-refractivity contribution in [3.05, 3.63) is 0 Å². The van der Waals surface area contributed by atoms with Crippen molar-refractivity contribution >= 4 is 0 Å². The molecule has 0 aromatic rings. The third-order valence-corrected chi connectivity index (χ3v) is 4.65. The van der Waals surface area contributed by atoms with Gasteiger partial charge in [0.2, 0.25) is 0 Å². The summed E-state index contributed by atoms with van der Waals surface area (Å²) in [5.41, 5.74) is 6.22. The fourth-order valence-corrected chi connectivity index (χ4v) is 3.33. The van der Waals surface area contributed by atoms with E-state index in [2.05, 4.69) is 24.7 Å². The Morgan fingerprint density at radius 1 is 1.00 bits per heavy atom. The van der Waals surface area contributed by atoms with E-state index in [9.17, 15) is 0 Å². The summed E-state index contributed by atoms with van der Waals surface area (Å²) in [6, 6.07) is 0.206. The average Bonchev–Trinajstić information content (AvgIpc) is 2.78. The molecule has 0 radical (unpaired) electrons. The molecule has 1 saturated carbocycles. The summed E-state index contributed by atoms with van der Waals surface area (Å²) in [5, 5.41) is 18.3. The van der Waals surface area contributed by atoms with Crippen molar-refractivity contribution in [2.45, 2.75) is 64.3 Å². The summed E-state index contributed by atoms with van der Waals surface area (Å²) >= 11 is 0. The third kappa shape index (κ3) is 3.19. The molecule has 0 bridgehead atoms. The minimum Gasteiger partial charge on any atom is -0.367 e. The first-order valence-corrected chi connectivity index (χ1v) is 6.95. The number of hydrogen-bond donors (Lipinski definition) is 4. The molecule has 2 aliphatic rings. The Labute approximate surface area is 104 Å². The Balaban J connectivity index is 1.78. The molecule has 1 saturated heterocycles. The molecule has 4 nitrogen and oxygen atoms in total. The summed E-state index contributed by atoms with van der Waals surface area (Å²) in [7, 11) is 0. The minimum absolute atomic E-state index is 0.206. The molecule has 0 spiro atoms. The number of hydrogen-bond acceptors (Lipinski definition) is 4. The van der Waals surface area contributed by atoms with Crippen LogP contribution in [0.5, 0.6) is 0 Å². The van der Waals surface area contributed by atoms with Crippen LogP contribution in [0.1, 0.15) is 46.0 Å². The maximum atomic E-state index is 9.14. The van der Waals surface area contributed by atoms with Gasteiger partial charge < -0.3 is 10.2 Å². The van der Waals surface area contributed by atoms with Crippen LogP contribution in [-0.4, -0.2) is 28.6 Å². The summed E-state index contributed by atoms with van der Waals surface area (Å²) in [6.07, 6.45) is 4.78. The van der Waals surface area contributed by atoms with Gasteiger partial charge in [0.25, 0.3) is 0 Å². The second-order valence-electron chi connectivity index (χ2n) is 6.07. The van der Waals surface area contributed by atoms with Gasteiger partial charge in [-0.1, -0.05) is 13.8 Å². The SMILES string of the molecule is CC(C)C1CCC(C2CC(C(O)O)NN2)CC1. The van der Waals surface area contributed by atoms with Gasteiger partial charge in [0.15, 0.2) is 6.29 Å². The van der Waals surface area contributed by atoms with Crippen molar-refractivity contribution < 1.29 is 10.2 Å². The Kier molecular flexibility index (Phi) is 4.42. The predicted octanol–water partition coefficient (Wildman–Crippen LogP) is 0.995. The normalized spacial score (nSPS) is 39.2.